The fourth-order valence-electron chi connectivity index (χ4n) is 0.592. The van der Waals surface area contributed by atoms with Crippen molar-refractivity contribution in [3.05, 3.63) is 24.3 Å². The van der Waals surface area contributed by atoms with Crippen molar-refractivity contribution in [2.24, 2.45) is 0 Å². The first-order valence-electron chi connectivity index (χ1n) is 3.59. The van der Waals surface area contributed by atoms with Gasteiger partial charge in [-0.2, -0.15) is 0 Å². The van der Waals surface area contributed by atoms with Crippen molar-refractivity contribution in [2.75, 3.05) is 0 Å². The Morgan fingerprint density at radius 2 is 2.30 bits per heavy atom. The molecule has 0 rings (SSSR count). The first kappa shape index (κ1) is 9.15. The van der Waals surface area contributed by atoms with E-state index in [0.717, 1.165) is 24.7 Å². The largest absolute Gasteiger partial charge is 0.303 e. The van der Waals surface area contributed by atoms with Crippen molar-refractivity contribution >= 4 is 6.29 Å². The molecule has 0 aliphatic rings. The van der Waals surface area contributed by atoms with E-state index in [0.29, 0.717) is 6.42 Å². The number of carbonyl (C=O) groups is 1. The summed E-state index contributed by atoms with van der Waals surface area (Å²) in [7, 11) is 0. The lowest BCUT2D eigenvalue weighted by atomic mass is 10.2. The van der Waals surface area contributed by atoms with Crippen molar-refractivity contribution < 1.29 is 4.79 Å². The molecular formula is C9H14O. The molecule has 0 unspecified atom stereocenters. The number of aldehydes is 1. The SMILES string of the molecule is C=C(/C=C\CCC)CC=O. The lowest BCUT2D eigenvalue weighted by Crippen LogP contribution is -1.76. The van der Waals surface area contributed by atoms with E-state index >= 15 is 0 Å². The summed E-state index contributed by atoms with van der Waals surface area (Å²) in [4.78, 5) is 9.95. The van der Waals surface area contributed by atoms with E-state index in [2.05, 4.69) is 13.5 Å². The summed E-state index contributed by atoms with van der Waals surface area (Å²) in [6.45, 7) is 5.82. The van der Waals surface area contributed by atoms with E-state index < -0.39 is 0 Å². The molecule has 0 radical (unpaired) electrons. The molecule has 0 fully saturated rings. The molecule has 0 N–H and O–H groups in total. The Hall–Kier alpha value is -0.850. The number of allylic oxidation sites excluding steroid dienone is 3. The van der Waals surface area contributed by atoms with Crippen LogP contribution in [0.25, 0.3) is 0 Å². The summed E-state index contributed by atoms with van der Waals surface area (Å²) >= 11 is 0. The van der Waals surface area contributed by atoms with Gasteiger partial charge < -0.3 is 4.79 Å². The van der Waals surface area contributed by atoms with Crippen LogP contribution in [0.15, 0.2) is 24.3 Å². The summed E-state index contributed by atoms with van der Waals surface area (Å²) in [6.07, 6.45) is 7.51. The van der Waals surface area contributed by atoms with Gasteiger partial charge in [-0.3, -0.25) is 0 Å². The second kappa shape index (κ2) is 6.27. The average Bonchev–Trinajstić information content (AvgIpc) is 1.89. The third-order valence-corrected chi connectivity index (χ3v) is 1.15. The van der Waals surface area contributed by atoms with Crippen LogP contribution < -0.4 is 0 Å². The van der Waals surface area contributed by atoms with Gasteiger partial charge in [-0.1, -0.05) is 32.1 Å². The van der Waals surface area contributed by atoms with Gasteiger partial charge in [0.2, 0.25) is 0 Å². The van der Waals surface area contributed by atoms with Gasteiger partial charge in [0.05, 0.1) is 0 Å². The Morgan fingerprint density at radius 3 is 2.80 bits per heavy atom. The molecule has 1 nitrogen and oxygen atoms in total. The van der Waals surface area contributed by atoms with Gasteiger partial charge in [0.25, 0.3) is 0 Å². The Bertz CT molecular complexity index is 134. The molecule has 0 aromatic rings. The van der Waals surface area contributed by atoms with E-state index in [9.17, 15) is 4.79 Å². The molecule has 0 saturated carbocycles. The van der Waals surface area contributed by atoms with Crippen LogP contribution in [-0.4, -0.2) is 6.29 Å². The van der Waals surface area contributed by atoms with Crippen LogP contribution in [0.1, 0.15) is 26.2 Å². The molecule has 0 bridgehead atoms. The third kappa shape index (κ3) is 5.29. The molecule has 0 aliphatic carbocycles. The molecule has 0 spiro atoms. The zero-order valence-electron chi connectivity index (χ0n) is 6.47. The predicted molar refractivity (Wildman–Crippen MR) is 43.9 cm³/mol. The van der Waals surface area contributed by atoms with Crippen LogP contribution in [0.5, 0.6) is 0 Å². The summed E-state index contributed by atoms with van der Waals surface area (Å²) in [5.41, 5.74) is 0.892. The molecular weight excluding hydrogens is 124 g/mol. The van der Waals surface area contributed by atoms with Crippen molar-refractivity contribution in [3.8, 4) is 0 Å². The molecule has 0 aromatic carbocycles. The van der Waals surface area contributed by atoms with Gasteiger partial charge in [0, 0.05) is 6.42 Å². The average molecular weight is 138 g/mol. The predicted octanol–water partition coefficient (Wildman–Crippen LogP) is 2.49. The van der Waals surface area contributed by atoms with E-state index in [1.807, 2.05) is 12.2 Å². The number of hydrogen-bond donors (Lipinski definition) is 0. The fourth-order valence-corrected chi connectivity index (χ4v) is 0.592. The normalized spacial score (nSPS) is 10.1. The Morgan fingerprint density at radius 1 is 1.60 bits per heavy atom. The lowest BCUT2D eigenvalue weighted by molar-refractivity contribution is -0.107. The number of carbonyl (C=O) groups excluding carboxylic acids is 1. The van der Waals surface area contributed by atoms with E-state index in [-0.39, 0.29) is 0 Å². The number of unbranched alkanes of at least 4 members (excludes halogenated alkanes) is 1. The first-order chi connectivity index (χ1) is 4.81. The van der Waals surface area contributed by atoms with Crippen LogP contribution in [0.2, 0.25) is 0 Å². The van der Waals surface area contributed by atoms with Crippen molar-refractivity contribution in [2.45, 2.75) is 26.2 Å². The van der Waals surface area contributed by atoms with Crippen LogP contribution in [0.3, 0.4) is 0 Å². The maximum atomic E-state index is 9.95. The highest BCUT2D eigenvalue weighted by atomic mass is 16.1. The lowest BCUT2D eigenvalue weighted by Gasteiger charge is -1.88. The maximum Gasteiger partial charge on any atom is 0.124 e. The quantitative estimate of drug-likeness (QED) is 0.421. The van der Waals surface area contributed by atoms with Crippen LogP contribution in [0.4, 0.5) is 0 Å². The summed E-state index contributed by atoms with van der Waals surface area (Å²) < 4.78 is 0. The Labute approximate surface area is 62.4 Å². The smallest absolute Gasteiger partial charge is 0.124 e. The van der Waals surface area contributed by atoms with Gasteiger partial charge in [-0.15, -0.1) is 0 Å². The summed E-state index contributed by atoms with van der Waals surface area (Å²) in [5.74, 6) is 0. The zero-order valence-corrected chi connectivity index (χ0v) is 6.47. The highest BCUT2D eigenvalue weighted by molar-refractivity contribution is 5.55. The molecule has 0 saturated heterocycles. The van der Waals surface area contributed by atoms with Gasteiger partial charge >= 0.3 is 0 Å². The van der Waals surface area contributed by atoms with Gasteiger partial charge in [0.15, 0.2) is 0 Å². The van der Waals surface area contributed by atoms with E-state index in [1.54, 1.807) is 0 Å². The molecule has 0 aliphatic heterocycles. The van der Waals surface area contributed by atoms with Crippen molar-refractivity contribution in [1.82, 2.24) is 0 Å². The van der Waals surface area contributed by atoms with Crippen LogP contribution in [0, 0.1) is 0 Å². The third-order valence-electron chi connectivity index (χ3n) is 1.15. The van der Waals surface area contributed by atoms with Crippen molar-refractivity contribution in [3.63, 3.8) is 0 Å². The molecule has 0 atom stereocenters. The first-order valence-corrected chi connectivity index (χ1v) is 3.59. The van der Waals surface area contributed by atoms with E-state index in [4.69, 9.17) is 0 Å². The second-order valence-corrected chi connectivity index (χ2v) is 2.22. The minimum atomic E-state index is 0.459. The van der Waals surface area contributed by atoms with Gasteiger partial charge in [-0.05, 0) is 12.0 Å². The summed E-state index contributed by atoms with van der Waals surface area (Å²) in [5, 5.41) is 0. The Balaban J connectivity index is 3.45. The highest BCUT2D eigenvalue weighted by Gasteiger charge is 1.83. The fraction of sp³-hybridized carbons (Fsp3) is 0.444. The molecule has 1 heteroatoms. The number of hydrogen-bond acceptors (Lipinski definition) is 1. The van der Waals surface area contributed by atoms with Gasteiger partial charge in [-0.25, -0.2) is 0 Å². The highest BCUT2D eigenvalue weighted by Crippen LogP contribution is 1.98. The monoisotopic (exact) mass is 138 g/mol. The Kier molecular flexibility index (Phi) is 5.74. The molecule has 10 heavy (non-hydrogen) atoms. The minimum absolute atomic E-state index is 0.459. The van der Waals surface area contributed by atoms with Crippen molar-refractivity contribution in [1.29, 1.82) is 0 Å². The summed E-state index contributed by atoms with van der Waals surface area (Å²) in [6, 6.07) is 0. The second-order valence-electron chi connectivity index (χ2n) is 2.22. The zero-order chi connectivity index (χ0) is 7.82. The van der Waals surface area contributed by atoms with E-state index in [1.165, 1.54) is 0 Å². The number of rotatable bonds is 5. The van der Waals surface area contributed by atoms with Crippen LogP contribution in [-0.2, 0) is 4.79 Å². The molecule has 0 amide bonds. The standard InChI is InChI=1S/C9H14O/c1-3-4-5-6-9(2)7-8-10/h5-6,8H,2-4,7H2,1H3/b6-5-. The molecule has 56 valence electrons. The topological polar surface area (TPSA) is 17.1 Å². The van der Waals surface area contributed by atoms with Crippen LogP contribution >= 0.6 is 0 Å². The molecule has 0 aromatic heterocycles. The maximum absolute atomic E-state index is 9.95. The minimum Gasteiger partial charge on any atom is -0.303 e. The molecule has 0 heterocycles. The van der Waals surface area contributed by atoms with Gasteiger partial charge in [0.1, 0.15) is 6.29 Å².